The third-order valence-electron chi connectivity index (χ3n) is 6.54. The van der Waals surface area contributed by atoms with E-state index in [9.17, 15) is 22.8 Å². The van der Waals surface area contributed by atoms with Crippen molar-refractivity contribution >= 4 is 17.6 Å². The van der Waals surface area contributed by atoms with Crippen molar-refractivity contribution in [2.45, 2.75) is 19.0 Å². The minimum atomic E-state index is -4.65. The number of alkyl halides is 3. The predicted octanol–water partition coefficient (Wildman–Crippen LogP) is 2.18. The van der Waals surface area contributed by atoms with Crippen molar-refractivity contribution in [2.24, 2.45) is 23.5 Å². The zero-order chi connectivity index (χ0) is 24.2. The molecule has 2 heterocycles. The first-order chi connectivity index (χ1) is 15.7. The number of anilines is 1. The topological polar surface area (TPSA) is 112 Å². The van der Waals surface area contributed by atoms with Crippen LogP contribution in [0.1, 0.15) is 24.0 Å². The van der Waals surface area contributed by atoms with Gasteiger partial charge >= 0.3 is 12.2 Å². The molecular formula is C22H28F3N5O3. The highest BCUT2D eigenvalue weighted by Gasteiger charge is 2.43. The van der Waals surface area contributed by atoms with Gasteiger partial charge in [-0.2, -0.15) is 18.4 Å². The Bertz CT molecular complexity index is 910. The average molecular weight is 467 g/mol. The van der Waals surface area contributed by atoms with Gasteiger partial charge < -0.3 is 25.6 Å². The third-order valence-corrected chi connectivity index (χ3v) is 6.54. The van der Waals surface area contributed by atoms with Gasteiger partial charge in [0.1, 0.15) is 0 Å². The molecule has 0 spiro atoms. The molecule has 1 aromatic carbocycles. The van der Waals surface area contributed by atoms with Crippen molar-refractivity contribution in [3.63, 3.8) is 0 Å². The number of rotatable bonds is 6. The monoisotopic (exact) mass is 467 g/mol. The van der Waals surface area contributed by atoms with E-state index in [1.165, 1.54) is 6.07 Å². The second-order valence-electron chi connectivity index (χ2n) is 8.47. The predicted molar refractivity (Wildman–Crippen MR) is 114 cm³/mol. The molecule has 0 saturated carbocycles. The highest BCUT2D eigenvalue weighted by molar-refractivity contribution is 5.79. The van der Waals surface area contributed by atoms with Gasteiger partial charge in [0.05, 0.1) is 29.7 Å². The quantitative estimate of drug-likeness (QED) is 0.623. The lowest BCUT2D eigenvalue weighted by molar-refractivity contribution is -0.137. The van der Waals surface area contributed by atoms with Gasteiger partial charge in [-0.25, -0.2) is 4.79 Å². The van der Waals surface area contributed by atoms with Gasteiger partial charge in [-0.15, -0.1) is 0 Å². The SMILES string of the molecule is COCCNC(=O)N1CCC([C@@H]2CN(c3ccc(C#N)c(C(F)(F)F)c3)C[C@H]2C(N)=O)CC1. The van der Waals surface area contributed by atoms with E-state index in [1.807, 2.05) is 0 Å². The smallest absolute Gasteiger partial charge is 0.383 e. The lowest BCUT2D eigenvalue weighted by Gasteiger charge is -2.36. The van der Waals surface area contributed by atoms with Crippen LogP contribution in [-0.4, -0.2) is 63.3 Å². The van der Waals surface area contributed by atoms with E-state index in [0.717, 1.165) is 12.1 Å². The number of halogens is 3. The Hall–Kier alpha value is -3.00. The van der Waals surface area contributed by atoms with Crippen LogP contribution in [0, 0.1) is 29.1 Å². The number of hydrogen-bond donors (Lipinski definition) is 2. The fraction of sp³-hybridized carbons (Fsp3) is 0.591. The Morgan fingerprint density at radius 3 is 2.55 bits per heavy atom. The minimum Gasteiger partial charge on any atom is -0.383 e. The van der Waals surface area contributed by atoms with Crippen molar-refractivity contribution < 1.29 is 27.5 Å². The number of nitriles is 1. The first-order valence-electron chi connectivity index (χ1n) is 10.8. The summed E-state index contributed by atoms with van der Waals surface area (Å²) in [5.74, 6) is -0.976. The fourth-order valence-corrected chi connectivity index (χ4v) is 4.78. The molecule has 1 aromatic rings. The lowest BCUT2D eigenvalue weighted by atomic mass is 9.78. The zero-order valence-corrected chi connectivity index (χ0v) is 18.4. The van der Waals surface area contributed by atoms with E-state index in [2.05, 4.69) is 5.32 Å². The number of hydrogen-bond acceptors (Lipinski definition) is 5. The summed E-state index contributed by atoms with van der Waals surface area (Å²) in [5.41, 5.74) is 4.53. The number of nitrogens with one attached hydrogen (secondary N) is 1. The fourth-order valence-electron chi connectivity index (χ4n) is 4.78. The maximum absolute atomic E-state index is 13.4. The number of primary amides is 1. The number of nitrogens with zero attached hydrogens (tertiary/aromatic N) is 3. The number of benzene rings is 1. The van der Waals surface area contributed by atoms with Gasteiger partial charge in [-0.1, -0.05) is 0 Å². The Morgan fingerprint density at radius 1 is 1.27 bits per heavy atom. The largest absolute Gasteiger partial charge is 0.417 e. The molecule has 2 fully saturated rings. The van der Waals surface area contributed by atoms with Crippen LogP contribution in [0.4, 0.5) is 23.7 Å². The Kier molecular flexibility index (Phi) is 7.68. The number of piperidine rings is 1. The lowest BCUT2D eigenvalue weighted by Crippen LogP contribution is -2.47. The molecule has 0 bridgehead atoms. The molecular weight excluding hydrogens is 439 g/mol. The number of carbonyl (C=O) groups excluding carboxylic acids is 2. The summed E-state index contributed by atoms with van der Waals surface area (Å²) in [7, 11) is 1.56. The van der Waals surface area contributed by atoms with E-state index in [-0.39, 0.29) is 24.4 Å². The van der Waals surface area contributed by atoms with Gasteiger partial charge in [-0.3, -0.25) is 4.79 Å². The first kappa shape index (κ1) is 24.6. The molecule has 0 unspecified atom stereocenters. The molecule has 2 aliphatic rings. The highest BCUT2D eigenvalue weighted by Crippen LogP contribution is 2.40. The molecule has 2 saturated heterocycles. The first-order valence-corrected chi connectivity index (χ1v) is 10.8. The molecule has 2 aliphatic heterocycles. The molecule has 0 aromatic heterocycles. The number of likely N-dealkylation sites (tertiary alicyclic amines) is 1. The van der Waals surface area contributed by atoms with Gasteiger partial charge in [0, 0.05) is 45.5 Å². The third kappa shape index (κ3) is 5.68. The van der Waals surface area contributed by atoms with Crippen LogP contribution in [-0.2, 0) is 15.7 Å². The van der Waals surface area contributed by atoms with E-state index >= 15 is 0 Å². The van der Waals surface area contributed by atoms with Crippen molar-refractivity contribution in [3.05, 3.63) is 29.3 Å². The minimum absolute atomic E-state index is 0.119. The summed E-state index contributed by atoms with van der Waals surface area (Å²) in [5, 5.41) is 11.8. The summed E-state index contributed by atoms with van der Waals surface area (Å²) in [6.45, 7) is 2.51. The normalized spacial score (nSPS) is 21.7. The van der Waals surface area contributed by atoms with Crippen molar-refractivity contribution in [2.75, 3.05) is 51.3 Å². The summed E-state index contributed by atoms with van der Waals surface area (Å²) in [4.78, 5) is 27.9. The van der Waals surface area contributed by atoms with E-state index in [1.54, 1.807) is 23.0 Å². The van der Waals surface area contributed by atoms with Crippen molar-refractivity contribution in [1.82, 2.24) is 10.2 Å². The Morgan fingerprint density at radius 2 is 1.97 bits per heavy atom. The summed E-state index contributed by atoms with van der Waals surface area (Å²) >= 11 is 0. The van der Waals surface area contributed by atoms with Gasteiger partial charge in [0.25, 0.3) is 0 Å². The molecule has 180 valence electrons. The number of methoxy groups -OCH3 is 1. The molecule has 33 heavy (non-hydrogen) atoms. The van der Waals surface area contributed by atoms with E-state index in [0.29, 0.717) is 51.3 Å². The van der Waals surface area contributed by atoms with Crippen LogP contribution in [0.2, 0.25) is 0 Å². The van der Waals surface area contributed by atoms with Crippen LogP contribution in [0.25, 0.3) is 0 Å². The molecule has 0 aliphatic carbocycles. The highest BCUT2D eigenvalue weighted by atomic mass is 19.4. The maximum Gasteiger partial charge on any atom is 0.417 e. The standard InChI is InChI=1S/C22H28F3N5O3/c1-33-9-6-28-21(32)29-7-4-14(5-8-29)17-12-30(13-18(17)20(27)31)16-3-2-15(11-26)19(10-16)22(23,24)25/h2-3,10,14,17-18H,4-9,12-13H2,1H3,(H2,27,31)(H,28,32)/t17-,18+/m0/s1. The molecule has 2 atom stereocenters. The second-order valence-corrected chi connectivity index (χ2v) is 8.47. The van der Waals surface area contributed by atoms with Gasteiger partial charge in [-0.05, 0) is 42.9 Å². The van der Waals surface area contributed by atoms with E-state index in [4.69, 9.17) is 15.7 Å². The van der Waals surface area contributed by atoms with Crippen LogP contribution in [0.5, 0.6) is 0 Å². The van der Waals surface area contributed by atoms with Crippen LogP contribution in [0.3, 0.4) is 0 Å². The Balaban J connectivity index is 1.70. The molecule has 3 N–H and O–H groups in total. The molecule has 3 amide bonds. The summed E-state index contributed by atoms with van der Waals surface area (Å²) in [6.07, 6.45) is -3.29. The summed E-state index contributed by atoms with van der Waals surface area (Å²) in [6, 6.07) is 5.01. The van der Waals surface area contributed by atoms with Crippen LogP contribution in [0.15, 0.2) is 18.2 Å². The summed E-state index contributed by atoms with van der Waals surface area (Å²) < 4.78 is 45.1. The zero-order valence-electron chi connectivity index (χ0n) is 18.4. The number of nitrogens with two attached hydrogens (primary N) is 1. The maximum atomic E-state index is 13.4. The molecule has 8 nitrogen and oxygen atoms in total. The number of urea groups is 1. The second kappa shape index (κ2) is 10.3. The van der Waals surface area contributed by atoms with Crippen molar-refractivity contribution in [3.8, 4) is 6.07 Å². The van der Waals surface area contributed by atoms with Crippen LogP contribution >= 0.6 is 0 Å². The van der Waals surface area contributed by atoms with E-state index < -0.39 is 29.1 Å². The van der Waals surface area contributed by atoms with Crippen LogP contribution < -0.4 is 16.0 Å². The van der Waals surface area contributed by atoms with Crippen molar-refractivity contribution in [1.29, 1.82) is 5.26 Å². The Labute approximate surface area is 190 Å². The molecule has 3 rings (SSSR count). The molecule has 0 radical (unpaired) electrons. The number of carbonyl (C=O) groups is 2. The number of amides is 3. The average Bonchev–Trinajstić information content (AvgIpc) is 3.24. The number of ether oxygens (including phenoxy) is 1. The van der Waals surface area contributed by atoms with Gasteiger partial charge in [0.2, 0.25) is 5.91 Å². The van der Waals surface area contributed by atoms with Gasteiger partial charge in [0.15, 0.2) is 0 Å². The molecule has 11 heteroatoms.